The molecule has 3 N–H and O–H groups in total. The molecule has 0 atom stereocenters. The summed E-state index contributed by atoms with van der Waals surface area (Å²) >= 11 is 4.02. The molecule has 0 heterocycles. The second-order valence-electron chi connectivity index (χ2n) is 2.66. The van der Waals surface area contributed by atoms with Crippen LogP contribution in [-0.2, 0) is 6.54 Å². The number of carboxylic acid groups (broad SMARTS) is 1. The van der Waals surface area contributed by atoms with E-state index < -0.39 is 5.97 Å². The molecular weight excluding hydrogens is 200 g/mol. The Kier molecular flexibility index (Phi) is 3.12. The van der Waals surface area contributed by atoms with E-state index in [1.807, 2.05) is 0 Å². The molecule has 1 rings (SSSR count). The molecular formula is C9H8N2O2S. The van der Waals surface area contributed by atoms with Crippen LogP contribution in [0.5, 0.6) is 0 Å². The third kappa shape index (κ3) is 1.87. The van der Waals surface area contributed by atoms with Crippen LogP contribution in [0.15, 0.2) is 17.0 Å². The predicted octanol–water partition coefficient (Wildman–Crippen LogP) is 1.00. The van der Waals surface area contributed by atoms with Gasteiger partial charge in [0, 0.05) is 11.4 Å². The van der Waals surface area contributed by atoms with Gasteiger partial charge in [-0.05, 0) is 17.7 Å². The summed E-state index contributed by atoms with van der Waals surface area (Å²) in [7, 11) is 0. The Bertz CT molecular complexity index is 424. The third-order valence-electron chi connectivity index (χ3n) is 1.76. The van der Waals surface area contributed by atoms with Gasteiger partial charge in [0.15, 0.2) is 0 Å². The number of aromatic carboxylic acids is 1. The highest BCUT2D eigenvalue weighted by molar-refractivity contribution is 7.80. The number of nitrogens with zero attached hydrogens (tertiary/aromatic N) is 1. The van der Waals surface area contributed by atoms with E-state index in [0.717, 1.165) is 0 Å². The lowest BCUT2D eigenvalue weighted by Crippen LogP contribution is -2.05. The van der Waals surface area contributed by atoms with E-state index in [0.29, 0.717) is 10.5 Å². The van der Waals surface area contributed by atoms with Gasteiger partial charge in [-0.2, -0.15) is 5.26 Å². The van der Waals surface area contributed by atoms with Gasteiger partial charge in [0.25, 0.3) is 0 Å². The number of nitrogens with two attached hydrogens (primary N) is 1. The Hall–Kier alpha value is -1.51. The summed E-state index contributed by atoms with van der Waals surface area (Å²) in [6.07, 6.45) is 0. The number of hydrogen-bond acceptors (Lipinski definition) is 4. The molecule has 0 bridgehead atoms. The van der Waals surface area contributed by atoms with Crippen LogP contribution in [0, 0.1) is 11.3 Å². The van der Waals surface area contributed by atoms with Crippen molar-refractivity contribution in [2.24, 2.45) is 5.73 Å². The van der Waals surface area contributed by atoms with Crippen LogP contribution < -0.4 is 5.73 Å². The molecule has 1 aromatic rings. The van der Waals surface area contributed by atoms with Crippen molar-refractivity contribution >= 4 is 18.6 Å². The predicted molar refractivity (Wildman–Crippen MR) is 53.3 cm³/mol. The fourth-order valence-corrected chi connectivity index (χ4v) is 1.43. The maximum Gasteiger partial charge on any atom is 0.337 e. The first kappa shape index (κ1) is 10.6. The Morgan fingerprint density at radius 3 is 2.71 bits per heavy atom. The van der Waals surface area contributed by atoms with Crippen molar-refractivity contribution in [3.63, 3.8) is 0 Å². The Labute approximate surface area is 86.4 Å². The zero-order valence-electron chi connectivity index (χ0n) is 7.19. The molecule has 0 saturated heterocycles. The van der Waals surface area contributed by atoms with Gasteiger partial charge in [0.2, 0.25) is 0 Å². The van der Waals surface area contributed by atoms with Gasteiger partial charge >= 0.3 is 5.97 Å². The molecule has 0 saturated carbocycles. The van der Waals surface area contributed by atoms with Crippen molar-refractivity contribution in [3.8, 4) is 6.07 Å². The normalized spacial score (nSPS) is 9.50. The van der Waals surface area contributed by atoms with E-state index in [4.69, 9.17) is 16.1 Å². The Morgan fingerprint density at radius 1 is 1.64 bits per heavy atom. The number of nitriles is 1. The molecule has 14 heavy (non-hydrogen) atoms. The van der Waals surface area contributed by atoms with E-state index in [1.54, 1.807) is 12.1 Å². The summed E-state index contributed by atoms with van der Waals surface area (Å²) in [5.74, 6) is -1.15. The standard InChI is InChI=1S/C9H8N2O2S/c10-3-5-1-6(9(12)13)7(4-11)8(14)2-5/h1-2,14H,3,10H2,(H,12,13). The summed E-state index contributed by atoms with van der Waals surface area (Å²) in [4.78, 5) is 11.1. The molecule has 0 aromatic heterocycles. The van der Waals surface area contributed by atoms with Gasteiger partial charge in [-0.3, -0.25) is 0 Å². The second kappa shape index (κ2) is 4.13. The molecule has 0 radical (unpaired) electrons. The smallest absolute Gasteiger partial charge is 0.337 e. The maximum atomic E-state index is 10.8. The summed E-state index contributed by atoms with van der Waals surface area (Å²) in [6, 6.07) is 4.78. The fraction of sp³-hybridized carbons (Fsp3) is 0.111. The number of benzene rings is 1. The molecule has 0 spiro atoms. The van der Waals surface area contributed by atoms with Gasteiger partial charge < -0.3 is 10.8 Å². The minimum Gasteiger partial charge on any atom is -0.478 e. The SMILES string of the molecule is N#Cc1c(S)cc(CN)cc1C(=O)O. The van der Waals surface area contributed by atoms with Gasteiger partial charge in [0.1, 0.15) is 6.07 Å². The fourth-order valence-electron chi connectivity index (χ4n) is 1.09. The zero-order chi connectivity index (χ0) is 10.7. The molecule has 0 unspecified atom stereocenters. The molecule has 4 nitrogen and oxygen atoms in total. The van der Waals surface area contributed by atoms with Crippen LogP contribution in [0.4, 0.5) is 0 Å². The highest BCUT2D eigenvalue weighted by Gasteiger charge is 2.13. The Balaban J connectivity index is 3.45. The molecule has 72 valence electrons. The van der Waals surface area contributed by atoms with Crippen molar-refractivity contribution < 1.29 is 9.90 Å². The first-order valence-electron chi connectivity index (χ1n) is 3.79. The van der Waals surface area contributed by atoms with Crippen LogP contribution in [-0.4, -0.2) is 11.1 Å². The maximum absolute atomic E-state index is 10.8. The molecule has 0 amide bonds. The highest BCUT2D eigenvalue weighted by atomic mass is 32.1. The van der Waals surface area contributed by atoms with Gasteiger partial charge in [-0.25, -0.2) is 4.79 Å². The molecule has 0 aliphatic heterocycles. The molecule has 5 heteroatoms. The summed E-state index contributed by atoms with van der Waals surface area (Å²) in [6.45, 7) is 0.222. The van der Waals surface area contributed by atoms with Gasteiger partial charge in [-0.1, -0.05) is 0 Å². The van der Waals surface area contributed by atoms with E-state index in [2.05, 4.69) is 12.6 Å². The number of carboxylic acids is 1. The third-order valence-corrected chi connectivity index (χ3v) is 2.11. The topological polar surface area (TPSA) is 87.1 Å². The van der Waals surface area contributed by atoms with E-state index in [1.165, 1.54) is 6.07 Å². The minimum absolute atomic E-state index is 0.0551. The molecule has 0 fully saturated rings. The van der Waals surface area contributed by atoms with Crippen molar-refractivity contribution in [2.75, 3.05) is 0 Å². The van der Waals surface area contributed by atoms with E-state index in [-0.39, 0.29) is 17.7 Å². The number of rotatable bonds is 2. The number of carbonyl (C=O) groups is 1. The monoisotopic (exact) mass is 208 g/mol. The average Bonchev–Trinajstić information content (AvgIpc) is 2.16. The first-order chi connectivity index (χ1) is 6.60. The van der Waals surface area contributed by atoms with Gasteiger partial charge in [-0.15, -0.1) is 12.6 Å². The highest BCUT2D eigenvalue weighted by Crippen LogP contribution is 2.20. The van der Waals surface area contributed by atoms with Crippen LogP contribution in [0.25, 0.3) is 0 Å². The summed E-state index contributed by atoms with van der Waals surface area (Å²) in [5.41, 5.74) is 6.03. The lowest BCUT2D eigenvalue weighted by molar-refractivity contribution is 0.0696. The molecule has 1 aromatic carbocycles. The number of hydrogen-bond donors (Lipinski definition) is 3. The quantitative estimate of drug-likeness (QED) is 0.633. The van der Waals surface area contributed by atoms with E-state index in [9.17, 15) is 4.79 Å². The van der Waals surface area contributed by atoms with Crippen molar-refractivity contribution in [3.05, 3.63) is 28.8 Å². The van der Waals surface area contributed by atoms with Crippen molar-refractivity contribution in [1.82, 2.24) is 0 Å². The first-order valence-corrected chi connectivity index (χ1v) is 4.24. The van der Waals surface area contributed by atoms with Gasteiger partial charge in [0.05, 0.1) is 11.1 Å². The number of thiol groups is 1. The van der Waals surface area contributed by atoms with E-state index >= 15 is 0 Å². The average molecular weight is 208 g/mol. The minimum atomic E-state index is -1.15. The van der Waals surface area contributed by atoms with Crippen LogP contribution in [0.2, 0.25) is 0 Å². The molecule has 0 aliphatic rings. The largest absolute Gasteiger partial charge is 0.478 e. The summed E-state index contributed by atoms with van der Waals surface area (Å²) in [5, 5.41) is 17.5. The Morgan fingerprint density at radius 2 is 2.29 bits per heavy atom. The molecule has 0 aliphatic carbocycles. The van der Waals surface area contributed by atoms with Crippen molar-refractivity contribution in [1.29, 1.82) is 5.26 Å². The van der Waals surface area contributed by atoms with Crippen LogP contribution >= 0.6 is 12.6 Å². The van der Waals surface area contributed by atoms with Crippen LogP contribution in [0.1, 0.15) is 21.5 Å². The lowest BCUT2D eigenvalue weighted by Gasteiger charge is -2.04. The van der Waals surface area contributed by atoms with Crippen molar-refractivity contribution in [2.45, 2.75) is 11.4 Å². The summed E-state index contributed by atoms with van der Waals surface area (Å²) < 4.78 is 0. The zero-order valence-corrected chi connectivity index (χ0v) is 8.08. The second-order valence-corrected chi connectivity index (χ2v) is 3.14. The lowest BCUT2D eigenvalue weighted by atomic mass is 10.0. The van der Waals surface area contributed by atoms with Crippen LogP contribution in [0.3, 0.4) is 0 Å².